The quantitative estimate of drug-likeness (QED) is 0.862. The second kappa shape index (κ2) is 4.65. The van der Waals surface area contributed by atoms with E-state index >= 15 is 0 Å². The average Bonchev–Trinajstić information content (AvgIpc) is 2.77. The predicted molar refractivity (Wildman–Crippen MR) is 75.4 cm³/mol. The Morgan fingerprint density at radius 1 is 0.895 bits per heavy atom. The van der Waals surface area contributed by atoms with Gasteiger partial charge in [0.05, 0.1) is 6.10 Å². The molecule has 1 aliphatic carbocycles. The molecule has 0 bridgehead atoms. The van der Waals surface area contributed by atoms with Gasteiger partial charge in [0.1, 0.15) is 5.60 Å². The summed E-state index contributed by atoms with van der Waals surface area (Å²) in [5, 5.41) is 20.9. The van der Waals surface area contributed by atoms with Crippen LogP contribution in [0.3, 0.4) is 0 Å². The van der Waals surface area contributed by atoms with Crippen molar-refractivity contribution in [2.24, 2.45) is 0 Å². The highest BCUT2D eigenvalue weighted by atomic mass is 16.3. The van der Waals surface area contributed by atoms with E-state index in [4.69, 9.17) is 0 Å². The van der Waals surface area contributed by atoms with Crippen molar-refractivity contribution in [2.75, 3.05) is 0 Å². The van der Waals surface area contributed by atoms with E-state index in [2.05, 4.69) is 0 Å². The van der Waals surface area contributed by atoms with Gasteiger partial charge in [0.2, 0.25) is 0 Å². The fourth-order valence-electron chi connectivity index (χ4n) is 2.74. The molecule has 0 saturated carbocycles. The lowest BCUT2D eigenvalue weighted by Gasteiger charge is -2.27. The van der Waals surface area contributed by atoms with Crippen molar-refractivity contribution in [1.82, 2.24) is 0 Å². The summed E-state index contributed by atoms with van der Waals surface area (Å²) >= 11 is 0. The Morgan fingerprint density at radius 2 is 1.47 bits per heavy atom. The molecule has 2 nitrogen and oxygen atoms in total. The first-order valence-electron chi connectivity index (χ1n) is 6.44. The van der Waals surface area contributed by atoms with E-state index in [1.165, 1.54) is 0 Å². The lowest BCUT2D eigenvalue weighted by Crippen LogP contribution is -2.26. The average molecular weight is 252 g/mol. The van der Waals surface area contributed by atoms with Gasteiger partial charge in [-0.1, -0.05) is 60.7 Å². The summed E-state index contributed by atoms with van der Waals surface area (Å²) in [7, 11) is 0. The van der Waals surface area contributed by atoms with E-state index < -0.39 is 11.7 Å². The maximum Gasteiger partial charge on any atom is 0.118 e. The lowest BCUT2D eigenvalue weighted by molar-refractivity contribution is 0.0629. The molecule has 0 aliphatic heterocycles. The molecule has 2 atom stereocenters. The maximum atomic E-state index is 11.0. The van der Waals surface area contributed by atoms with Gasteiger partial charge in [0.15, 0.2) is 0 Å². The number of benzene rings is 2. The van der Waals surface area contributed by atoms with Crippen molar-refractivity contribution < 1.29 is 10.2 Å². The zero-order valence-electron chi connectivity index (χ0n) is 10.5. The molecule has 2 aromatic carbocycles. The minimum absolute atomic E-state index is 0.307. The van der Waals surface area contributed by atoms with Crippen LogP contribution in [-0.4, -0.2) is 16.3 Å². The van der Waals surface area contributed by atoms with Gasteiger partial charge >= 0.3 is 0 Å². The lowest BCUT2D eigenvalue weighted by atomic mass is 9.84. The normalized spacial score (nSPS) is 26.2. The van der Waals surface area contributed by atoms with Gasteiger partial charge in [0, 0.05) is 6.42 Å². The van der Waals surface area contributed by atoms with Crippen LogP contribution < -0.4 is 0 Å². The molecule has 19 heavy (non-hydrogen) atoms. The van der Waals surface area contributed by atoms with Crippen LogP contribution in [0.2, 0.25) is 0 Å². The zero-order chi connectivity index (χ0) is 13.3. The molecule has 3 rings (SSSR count). The molecule has 2 aromatic rings. The highest BCUT2D eigenvalue weighted by Gasteiger charge is 2.41. The van der Waals surface area contributed by atoms with Crippen molar-refractivity contribution in [2.45, 2.75) is 18.1 Å². The Morgan fingerprint density at radius 3 is 2.11 bits per heavy atom. The summed E-state index contributed by atoms with van der Waals surface area (Å²) in [6.07, 6.45) is 1.45. The van der Waals surface area contributed by atoms with Crippen LogP contribution in [0.5, 0.6) is 0 Å². The summed E-state index contributed by atoms with van der Waals surface area (Å²) in [5.41, 5.74) is 1.45. The fraction of sp³-hybridized carbons (Fsp3) is 0.176. The molecular weight excluding hydrogens is 236 g/mol. The van der Waals surface area contributed by atoms with Crippen LogP contribution >= 0.6 is 0 Å². The molecule has 96 valence electrons. The van der Waals surface area contributed by atoms with Gasteiger partial charge < -0.3 is 10.2 Å². The van der Waals surface area contributed by atoms with E-state index in [0.717, 1.165) is 16.7 Å². The molecule has 2 unspecified atom stereocenters. The van der Waals surface area contributed by atoms with E-state index in [0.29, 0.717) is 6.42 Å². The highest BCUT2D eigenvalue weighted by Crippen LogP contribution is 2.44. The Kier molecular flexibility index (Phi) is 2.97. The van der Waals surface area contributed by atoms with Crippen LogP contribution in [0.15, 0.2) is 66.7 Å². The number of aliphatic hydroxyl groups is 2. The van der Waals surface area contributed by atoms with E-state index in [1.54, 1.807) is 6.08 Å². The van der Waals surface area contributed by atoms with Gasteiger partial charge in [-0.3, -0.25) is 0 Å². The summed E-state index contributed by atoms with van der Waals surface area (Å²) in [6.45, 7) is 0. The third kappa shape index (κ3) is 2.09. The molecule has 0 saturated heterocycles. The molecule has 0 aromatic heterocycles. The minimum Gasteiger partial charge on any atom is -0.389 e. The standard InChI is InChI=1S/C17H16O2/c18-15-11-16(13-7-3-1-4-8-13)17(19,12-15)14-9-5-2-6-10-14/h1-11,15,18-19H,12H2. The smallest absolute Gasteiger partial charge is 0.118 e. The van der Waals surface area contributed by atoms with Crippen molar-refractivity contribution in [1.29, 1.82) is 0 Å². The molecule has 0 amide bonds. The molecule has 0 spiro atoms. The van der Waals surface area contributed by atoms with Crippen molar-refractivity contribution in [3.05, 3.63) is 77.9 Å². The summed E-state index contributed by atoms with van der Waals surface area (Å²) < 4.78 is 0. The zero-order valence-corrected chi connectivity index (χ0v) is 10.5. The fourth-order valence-corrected chi connectivity index (χ4v) is 2.74. The van der Waals surface area contributed by atoms with E-state index in [-0.39, 0.29) is 0 Å². The Bertz CT molecular complexity index is 589. The Hall–Kier alpha value is -1.90. The first-order chi connectivity index (χ1) is 9.20. The van der Waals surface area contributed by atoms with Crippen LogP contribution in [0.25, 0.3) is 5.57 Å². The van der Waals surface area contributed by atoms with E-state index in [9.17, 15) is 10.2 Å². The van der Waals surface area contributed by atoms with Crippen molar-refractivity contribution >= 4 is 5.57 Å². The molecule has 2 N–H and O–H groups in total. The number of hydrogen-bond acceptors (Lipinski definition) is 2. The number of rotatable bonds is 2. The van der Waals surface area contributed by atoms with Crippen molar-refractivity contribution in [3.63, 3.8) is 0 Å². The molecule has 0 fully saturated rings. The Labute approximate surface area is 112 Å². The second-order valence-electron chi connectivity index (χ2n) is 4.94. The van der Waals surface area contributed by atoms with Gasteiger partial charge in [-0.05, 0) is 22.8 Å². The second-order valence-corrected chi connectivity index (χ2v) is 4.94. The van der Waals surface area contributed by atoms with Crippen LogP contribution in [0.1, 0.15) is 17.5 Å². The van der Waals surface area contributed by atoms with Gasteiger partial charge in [-0.2, -0.15) is 0 Å². The third-order valence-corrected chi connectivity index (χ3v) is 3.65. The van der Waals surface area contributed by atoms with Crippen molar-refractivity contribution in [3.8, 4) is 0 Å². The molecule has 0 radical (unpaired) electrons. The topological polar surface area (TPSA) is 40.5 Å². The number of hydrogen-bond donors (Lipinski definition) is 2. The molecular formula is C17H16O2. The molecule has 0 heterocycles. The Balaban J connectivity index is 2.09. The SMILES string of the molecule is OC1C=C(c2ccccc2)C(O)(c2ccccc2)C1. The predicted octanol–water partition coefficient (Wildman–Crippen LogP) is 2.72. The van der Waals surface area contributed by atoms with Gasteiger partial charge in [-0.25, -0.2) is 0 Å². The highest BCUT2D eigenvalue weighted by molar-refractivity contribution is 5.76. The largest absolute Gasteiger partial charge is 0.389 e. The maximum absolute atomic E-state index is 11.0. The molecule has 2 heteroatoms. The first kappa shape index (κ1) is 12.2. The van der Waals surface area contributed by atoms with Crippen LogP contribution in [0.4, 0.5) is 0 Å². The third-order valence-electron chi connectivity index (χ3n) is 3.65. The van der Waals surface area contributed by atoms with Gasteiger partial charge in [0.25, 0.3) is 0 Å². The summed E-state index contributed by atoms with van der Waals surface area (Å²) in [5.74, 6) is 0. The monoisotopic (exact) mass is 252 g/mol. The summed E-state index contributed by atoms with van der Waals surface area (Å²) in [4.78, 5) is 0. The van der Waals surface area contributed by atoms with E-state index in [1.807, 2.05) is 60.7 Å². The summed E-state index contributed by atoms with van der Waals surface area (Å²) in [6, 6.07) is 19.3. The molecule has 1 aliphatic rings. The van der Waals surface area contributed by atoms with Gasteiger partial charge in [-0.15, -0.1) is 0 Å². The first-order valence-corrected chi connectivity index (χ1v) is 6.44. The minimum atomic E-state index is -1.11. The van der Waals surface area contributed by atoms with Crippen LogP contribution in [0, 0.1) is 0 Å². The van der Waals surface area contributed by atoms with Crippen LogP contribution in [-0.2, 0) is 5.60 Å². The number of aliphatic hydroxyl groups excluding tert-OH is 1.